The van der Waals surface area contributed by atoms with E-state index >= 15 is 0 Å². The fraction of sp³-hybridized carbons (Fsp3) is 0.429. The summed E-state index contributed by atoms with van der Waals surface area (Å²) in [6.45, 7) is 7.66. The molecular formula is C21H25NO4. The number of rotatable bonds is 1. The van der Waals surface area contributed by atoms with Gasteiger partial charge in [0.2, 0.25) is 0 Å². The van der Waals surface area contributed by atoms with Crippen LogP contribution in [0.15, 0.2) is 36.4 Å². The molecule has 0 amide bonds. The van der Waals surface area contributed by atoms with Gasteiger partial charge >= 0.3 is 0 Å². The van der Waals surface area contributed by atoms with Gasteiger partial charge in [0.25, 0.3) is 0 Å². The maximum absolute atomic E-state index is 9.88. The highest BCUT2D eigenvalue weighted by Gasteiger charge is 2.41. The number of phenolic OH excluding ortho intramolecular Hbond substituents is 2. The number of benzene rings is 2. The van der Waals surface area contributed by atoms with E-state index in [0.717, 1.165) is 16.8 Å². The number of nitrogens with one attached hydrogen (secondary N) is 1. The number of hydrogen-bond donors (Lipinski definition) is 3. The fourth-order valence-electron chi connectivity index (χ4n) is 3.80. The predicted octanol–water partition coefficient (Wildman–Crippen LogP) is 4.02. The first-order chi connectivity index (χ1) is 12.3. The molecular weight excluding hydrogens is 330 g/mol. The van der Waals surface area contributed by atoms with Crippen LogP contribution in [-0.4, -0.2) is 29.5 Å². The molecule has 1 saturated heterocycles. The van der Waals surface area contributed by atoms with E-state index in [1.165, 1.54) is 11.6 Å². The molecule has 1 unspecified atom stereocenters. The lowest BCUT2D eigenvalue weighted by molar-refractivity contribution is -0.151. The van der Waals surface area contributed by atoms with E-state index in [1.54, 1.807) is 12.1 Å². The molecule has 3 N–H and O–H groups in total. The van der Waals surface area contributed by atoms with E-state index in [1.807, 2.05) is 0 Å². The van der Waals surface area contributed by atoms with Crippen LogP contribution < -0.4 is 5.32 Å². The van der Waals surface area contributed by atoms with Crippen molar-refractivity contribution >= 4 is 5.69 Å². The van der Waals surface area contributed by atoms with E-state index in [0.29, 0.717) is 13.2 Å². The molecule has 5 nitrogen and oxygen atoms in total. The zero-order chi connectivity index (χ0) is 18.5. The van der Waals surface area contributed by atoms with Gasteiger partial charge in [0.15, 0.2) is 0 Å². The second-order valence-electron chi connectivity index (χ2n) is 8.08. The number of anilines is 1. The van der Waals surface area contributed by atoms with Crippen molar-refractivity contribution in [2.24, 2.45) is 0 Å². The first-order valence-electron chi connectivity index (χ1n) is 9.00. The second-order valence-corrected chi connectivity index (χ2v) is 8.08. The Bertz CT molecular complexity index is 807. The maximum atomic E-state index is 9.88. The molecule has 0 aliphatic carbocycles. The van der Waals surface area contributed by atoms with Crippen LogP contribution in [0.4, 0.5) is 5.69 Å². The van der Waals surface area contributed by atoms with Gasteiger partial charge in [-0.2, -0.15) is 0 Å². The Kier molecular flexibility index (Phi) is 4.09. The summed E-state index contributed by atoms with van der Waals surface area (Å²) in [5.41, 5.74) is 4.17. The Hall–Kier alpha value is -2.24. The summed E-state index contributed by atoms with van der Waals surface area (Å²) >= 11 is 0. The number of phenols is 2. The quantitative estimate of drug-likeness (QED) is 0.721. The van der Waals surface area contributed by atoms with Crippen molar-refractivity contribution in [3.63, 3.8) is 0 Å². The zero-order valence-electron chi connectivity index (χ0n) is 15.3. The summed E-state index contributed by atoms with van der Waals surface area (Å²) in [5, 5.41) is 23.3. The normalized spacial score (nSPS) is 25.1. The Morgan fingerprint density at radius 2 is 1.65 bits per heavy atom. The molecule has 3 atom stereocenters. The van der Waals surface area contributed by atoms with Crippen LogP contribution in [0, 0.1) is 0 Å². The van der Waals surface area contributed by atoms with Crippen LogP contribution >= 0.6 is 0 Å². The molecule has 0 bridgehead atoms. The van der Waals surface area contributed by atoms with E-state index < -0.39 is 0 Å². The number of fused-ring (bicyclic) bond motifs is 3. The predicted molar refractivity (Wildman–Crippen MR) is 99.7 cm³/mol. The van der Waals surface area contributed by atoms with E-state index in [4.69, 9.17) is 9.47 Å². The van der Waals surface area contributed by atoms with Gasteiger partial charge in [-0.15, -0.1) is 0 Å². The van der Waals surface area contributed by atoms with Crippen LogP contribution in [0.3, 0.4) is 0 Å². The Morgan fingerprint density at radius 1 is 0.962 bits per heavy atom. The van der Waals surface area contributed by atoms with Crippen molar-refractivity contribution in [1.29, 1.82) is 0 Å². The molecule has 0 saturated carbocycles. The summed E-state index contributed by atoms with van der Waals surface area (Å²) in [5.74, 6) is 0.0629. The molecule has 2 aromatic carbocycles. The molecule has 2 aromatic rings. The molecule has 138 valence electrons. The lowest BCUT2D eigenvalue weighted by atomic mass is 9.82. The van der Waals surface area contributed by atoms with Crippen molar-refractivity contribution in [2.75, 3.05) is 18.5 Å². The highest BCUT2D eigenvalue weighted by molar-refractivity contribution is 5.60. The highest BCUT2D eigenvalue weighted by Crippen LogP contribution is 2.46. The highest BCUT2D eigenvalue weighted by atomic mass is 16.6. The topological polar surface area (TPSA) is 71.0 Å². The van der Waals surface area contributed by atoms with Crippen LogP contribution in [-0.2, 0) is 14.9 Å². The molecule has 0 radical (unpaired) electrons. The van der Waals surface area contributed by atoms with Gasteiger partial charge in [0, 0.05) is 17.3 Å². The van der Waals surface area contributed by atoms with Crippen LogP contribution in [0.25, 0.3) is 0 Å². The van der Waals surface area contributed by atoms with Crippen LogP contribution in [0.2, 0.25) is 0 Å². The van der Waals surface area contributed by atoms with E-state index in [2.05, 4.69) is 44.3 Å². The lowest BCUT2D eigenvalue weighted by Gasteiger charge is -2.43. The van der Waals surface area contributed by atoms with Crippen molar-refractivity contribution < 1.29 is 19.7 Å². The largest absolute Gasteiger partial charge is 0.508 e. The molecule has 26 heavy (non-hydrogen) atoms. The molecule has 2 aliphatic heterocycles. The number of ether oxygens (including phenoxy) is 2. The maximum Gasteiger partial charge on any atom is 0.119 e. The van der Waals surface area contributed by atoms with Gasteiger partial charge < -0.3 is 25.0 Å². The standard InChI is InChI=1S/C21H25NO4/c1-21(2,3)13-4-5-17-16(10-13)19-20(26-7-6-25-19)18(22-17)12-8-14(23)11-15(24)9-12/h4-5,8-11,18-20,22-24H,6-7H2,1-3H3/t18?,19-,20+/m1/s1. The SMILES string of the molecule is CC(C)(C)c1ccc2c(c1)[C@H]1OCCO[C@H]1C(c1cc(O)cc(O)c1)N2. The van der Waals surface area contributed by atoms with E-state index in [-0.39, 0.29) is 35.2 Å². The summed E-state index contributed by atoms with van der Waals surface area (Å²) in [7, 11) is 0. The fourth-order valence-corrected chi connectivity index (χ4v) is 3.80. The summed E-state index contributed by atoms with van der Waals surface area (Å²) in [6.07, 6.45) is -0.413. The second kappa shape index (κ2) is 6.18. The third kappa shape index (κ3) is 3.02. The van der Waals surface area contributed by atoms with Crippen molar-refractivity contribution in [3.8, 4) is 11.5 Å². The average molecular weight is 355 g/mol. The summed E-state index contributed by atoms with van der Waals surface area (Å²) in [4.78, 5) is 0. The molecule has 0 spiro atoms. The van der Waals surface area contributed by atoms with Crippen LogP contribution in [0.5, 0.6) is 11.5 Å². The Balaban J connectivity index is 1.79. The molecule has 2 heterocycles. The monoisotopic (exact) mass is 355 g/mol. The molecule has 4 rings (SSSR count). The number of aromatic hydroxyl groups is 2. The summed E-state index contributed by atoms with van der Waals surface area (Å²) < 4.78 is 12.2. The van der Waals surface area contributed by atoms with Gasteiger partial charge in [-0.25, -0.2) is 0 Å². The van der Waals surface area contributed by atoms with Crippen LogP contribution in [0.1, 0.15) is 49.6 Å². The third-order valence-corrected chi connectivity index (χ3v) is 5.14. The minimum atomic E-state index is -0.229. The smallest absolute Gasteiger partial charge is 0.119 e. The van der Waals surface area contributed by atoms with Gasteiger partial charge in [-0.1, -0.05) is 32.9 Å². The lowest BCUT2D eigenvalue weighted by Crippen LogP contribution is -2.43. The third-order valence-electron chi connectivity index (χ3n) is 5.14. The van der Waals surface area contributed by atoms with E-state index in [9.17, 15) is 10.2 Å². The minimum Gasteiger partial charge on any atom is -0.508 e. The molecule has 1 fully saturated rings. The molecule has 0 aromatic heterocycles. The van der Waals surface area contributed by atoms with Gasteiger partial charge in [0.1, 0.15) is 23.7 Å². The Labute approximate surface area is 153 Å². The van der Waals surface area contributed by atoms with Gasteiger partial charge in [-0.3, -0.25) is 0 Å². The van der Waals surface area contributed by atoms with Crippen molar-refractivity contribution in [1.82, 2.24) is 0 Å². The minimum absolute atomic E-state index is 0.0314. The van der Waals surface area contributed by atoms with Crippen molar-refractivity contribution in [2.45, 2.75) is 44.4 Å². The molecule has 2 aliphatic rings. The first kappa shape index (κ1) is 17.2. The number of hydrogen-bond acceptors (Lipinski definition) is 5. The van der Waals surface area contributed by atoms with Crippen molar-refractivity contribution in [3.05, 3.63) is 53.1 Å². The Morgan fingerprint density at radius 3 is 2.35 bits per heavy atom. The zero-order valence-corrected chi connectivity index (χ0v) is 15.3. The summed E-state index contributed by atoms with van der Waals surface area (Å²) in [6, 6.07) is 10.8. The average Bonchev–Trinajstić information content (AvgIpc) is 2.59. The molecule has 5 heteroatoms. The van der Waals surface area contributed by atoms with Gasteiger partial charge in [-0.05, 0) is 34.7 Å². The first-order valence-corrected chi connectivity index (χ1v) is 9.00. The van der Waals surface area contributed by atoms with Gasteiger partial charge in [0.05, 0.1) is 19.3 Å².